The summed E-state index contributed by atoms with van der Waals surface area (Å²) in [6.45, 7) is 1.80. The predicted molar refractivity (Wildman–Crippen MR) is 71.1 cm³/mol. The van der Waals surface area contributed by atoms with Crippen LogP contribution >= 0.6 is 0 Å². The van der Waals surface area contributed by atoms with E-state index in [0.717, 1.165) is 16.8 Å². The minimum Gasteiger partial charge on any atom is -0.384 e. The van der Waals surface area contributed by atoms with Crippen LogP contribution in [-0.4, -0.2) is 17.6 Å². The van der Waals surface area contributed by atoms with Crippen molar-refractivity contribution in [3.63, 3.8) is 0 Å². The van der Waals surface area contributed by atoms with Crippen molar-refractivity contribution in [1.29, 1.82) is 0 Å². The predicted octanol–water partition coefficient (Wildman–Crippen LogP) is 2.08. The minimum absolute atomic E-state index is 0.0733. The van der Waals surface area contributed by atoms with Gasteiger partial charge in [-0.25, -0.2) is 0 Å². The summed E-state index contributed by atoms with van der Waals surface area (Å²) in [7, 11) is 0. The molecule has 0 bridgehead atoms. The first-order valence-electron chi connectivity index (χ1n) is 6.18. The van der Waals surface area contributed by atoms with Crippen molar-refractivity contribution in [3.8, 4) is 11.8 Å². The number of aliphatic hydroxyl groups is 1. The lowest BCUT2D eigenvalue weighted by Crippen LogP contribution is -2.12. The maximum Gasteiger partial charge on any atom is 0.224 e. The minimum atomic E-state index is -0.155. The van der Waals surface area contributed by atoms with Crippen molar-refractivity contribution < 1.29 is 9.90 Å². The number of hydrogen-bond donors (Lipinski definition) is 2. The fourth-order valence-electron chi connectivity index (χ4n) is 1.87. The van der Waals surface area contributed by atoms with Gasteiger partial charge in [-0.1, -0.05) is 11.8 Å². The van der Waals surface area contributed by atoms with Crippen molar-refractivity contribution in [2.45, 2.75) is 26.2 Å². The first-order valence-corrected chi connectivity index (χ1v) is 6.18. The van der Waals surface area contributed by atoms with Gasteiger partial charge in [0.05, 0.1) is 0 Å². The molecule has 2 rings (SSSR count). The summed E-state index contributed by atoms with van der Waals surface area (Å²) in [4.78, 5) is 11.7. The zero-order valence-corrected chi connectivity index (χ0v) is 10.5. The SMILES string of the molecule is Cc1cc(C#CCO)cc(NC(=O)CC2CC2)c1. The number of rotatable bonds is 3. The number of benzene rings is 1. The number of aliphatic hydroxyl groups excluding tert-OH is 1. The fraction of sp³-hybridized carbons (Fsp3) is 0.400. The zero-order valence-electron chi connectivity index (χ0n) is 10.5. The summed E-state index contributed by atoms with van der Waals surface area (Å²) in [5.41, 5.74) is 2.63. The zero-order chi connectivity index (χ0) is 13.0. The highest BCUT2D eigenvalue weighted by Crippen LogP contribution is 2.32. The number of carbonyl (C=O) groups is 1. The van der Waals surface area contributed by atoms with Gasteiger partial charge < -0.3 is 10.4 Å². The van der Waals surface area contributed by atoms with Crippen LogP contribution in [-0.2, 0) is 4.79 Å². The van der Waals surface area contributed by atoms with Crippen molar-refractivity contribution in [2.75, 3.05) is 11.9 Å². The normalized spacial score (nSPS) is 13.7. The highest BCUT2D eigenvalue weighted by Gasteiger charge is 2.24. The molecule has 94 valence electrons. The number of carbonyl (C=O) groups excluding carboxylic acids is 1. The summed E-state index contributed by atoms with van der Waals surface area (Å²) in [6, 6.07) is 5.69. The van der Waals surface area contributed by atoms with Crippen LogP contribution in [0.25, 0.3) is 0 Å². The number of nitrogens with one attached hydrogen (secondary N) is 1. The molecule has 0 spiro atoms. The van der Waals surface area contributed by atoms with E-state index in [9.17, 15) is 4.79 Å². The molecular formula is C15H17NO2. The van der Waals surface area contributed by atoms with E-state index in [1.165, 1.54) is 12.8 Å². The fourth-order valence-corrected chi connectivity index (χ4v) is 1.87. The maximum atomic E-state index is 11.7. The molecule has 3 heteroatoms. The molecule has 1 amide bonds. The Morgan fingerprint density at radius 3 is 2.89 bits per heavy atom. The van der Waals surface area contributed by atoms with Gasteiger partial charge in [0.2, 0.25) is 5.91 Å². The average Bonchev–Trinajstić information content (AvgIpc) is 3.09. The molecule has 0 atom stereocenters. The molecule has 18 heavy (non-hydrogen) atoms. The van der Waals surface area contributed by atoms with Gasteiger partial charge in [-0.2, -0.15) is 0 Å². The van der Waals surface area contributed by atoms with Crippen LogP contribution < -0.4 is 5.32 Å². The number of anilines is 1. The molecule has 1 fully saturated rings. The Labute approximate surface area is 107 Å². The Hall–Kier alpha value is -1.79. The molecule has 0 aromatic heterocycles. The molecule has 1 aliphatic rings. The molecule has 0 unspecified atom stereocenters. The number of aryl methyl sites for hydroxylation is 1. The van der Waals surface area contributed by atoms with Gasteiger partial charge in [0, 0.05) is 17.7 Å². The number of amides is 1. The lowest BCUT2D eigenvalue weighted by molar-refractivity contribution is -0.116. The van der Waals surface area contributed by atoms with Crippen LogP contribution in [0.4, 0.5) is 5.69 Å². The topological polar surface area (TPSA) is 49.3 Å². The van der Waals surface area contributed by atoms with E-state index >= 15 is 0 Å². The molecule has 1 aromatic rings. The van der Waals surface area contributed by atoms with Gasteiger partial charge in [0.1, 0.15) is 6.61 Å². The third kappa shape index (κ3) is 3.90. The Morgan fingerprint density at radius 1 is 1.44 bits per heavy atom. The molecule has 1 saturated carbocycles. The first-order chi connectivity index (χ1) is 8.67. The second-order valence-corrected chi connectivity index (χ2v) is 4.74. The van der Waals surface area contributed by atoms with Gasteiger partial charge in [-0.3, -0.25) is 4.79 Å². The van der Waals surface area contributed by atoms with Crippen LogP contribution in [0.3, 0.4) is 0 Å². The van der Waals surface area contributed by atoms with E-state index in [2.05, 4.69) is 17.2 Å². The van der Waals surface area contributed by atoms with Crippen LogP contribution in [0.2, 0.25) is 0 Å². The van der Waals surface area contributed by atoms with E-state index in [1.807, 2.05) is 25.1 Å². The molecule has 0 heterocycles. The van der Waals surface area contributed by atoms with Crippen molar-refractivity contribution in [3.05, 3.63) is 29.3 Å². The second-order valence-electron chi connectivity index (χ2n) is 4.74. The smallest absolute Gasteiger partial charge is 0.224 e. The summed E-state index contributed by atoms with van der Waals surface area (Å²) < 4.78 is 0. The Kier molecular flexibility index (Phi) is 4.01. The van der Waals surface area contributed by atoms with Crippen molar-refractivity contribution in [2.24, 2.45) is 5.92 Å². The van der Waals surface area contributed by atoms with Crippen LogP contribution in [0.15, 0.2) is 18.2 Å². The summed E-state index contributed by atoms with van der Waals surface area (Å²) >= 11 is 0. The highest BCUT2D eigenvalue weighted by molar-refractivity contribution is 5.91. The molecule has 2 N–H and O–H groups in total. The summed E-state index contributed by atoms with van der Waals surface area (Å²) in [5, 5.41) is 11.6. The van der Waals surface area contributed by atoms with E-state index in [4.69, 9.17) is 5.11 Å². The Morgan fingerprint density at radius 2 is 2.22 bits per heavy atom. The van der Waals surface area contributed by atoms with Crippen molar-refractivity contribution >= 4 is 11.6 Å². The molecule has 0 radical (unpaired) electrons. The van der Waals surface area contributed by atoms with Crippen LogP contribution in [0.5, 0.6) is 0 Å². The highest BCUT2D eigenvalue weighted by atomic mass is 16.2. The van der Waals surface area contributed by atoms with E-state index < -0.39 is 0 Å². The monoisotopic (exact) mass is 243 g/mol. The molecule has 0 aliphatic heterocycles. The lowest BCUT2D eigenvalue weighted by Gasteiger charge is -2.06. The first kappa shape index (κ1) is 12.7. The van der Waals surface area contributed by atoms with Crippen LogP contribution in [0.1, 0.15) is 30.4 Å². The van der Waals surface area contributed by atoms with E-state index in [1.54, 1.807) is 0 Å². The molecule has 1 aromatic carbocycles. The Bertz CT molecular complexity index is 507. The van der Waals surface area contributed by atoms with Gasteiger partial charge >= 0.3 is 0 Å². The average molecular weight is 243 g/mol. The molecule has 1 aliphatic carbocycles. The standard InChI is InChI=1S/C15H17NO2/c1-11-7-13(3-2-6-17)9-14(8-11)16-15(18)10-12-4-5-12/h7-9,12,17H,4-6,10H2,1H3,(H,16,18). The number of hydrogen-bond acceptors (Lipinski definition) is 2. The van der Waals surface area contributed by atoms with Gasteiger partial charge in [-0.15, -0.1) is 0 Å². The second kappa shape index (κ2) is 5.70. The summed E-state index contributed by atoms with van der Waals surface area (Å²) in [5.74, 6) is 6.12. The maximum absolute atomic E-state index is 11.7. The Balaban J connectivity index is 2.06. The molecular weight excluding hydrogens is 226 g/mol. The molecule has 0 saturated heterocycles. The van der Waals surface area contributed by atoms with E-state index in [-0.39, 0.29) is 12.5 Å². The molecule has 3 nitrogen and oxygen atoms in total. The third-order valence-corrected chi connectivity index (χ3v) is 2.84. The lowest BCUT2D eigenvalue weighted by atomic mass is 10.1. The van der Waals surface area contributed by atoms with Gasteiger partial charge in [-0.05, 0) is 49.4 Å². The van der Waals surface area contributed by atoms with Crippen LogP contribution in [0, 0.1) is 24.7 Å². The van der Waals surface area contributed by atoms with Crippen molar-refractivity contribution in [1.82, 2.24) is 0 Å². The largest absolute Gasteiger partial charge is 0.384 e. The third-order valence-electron chi connectivity index (χ3n) is 2.84. The summed E-state index contributed by atoms with van der Waals surface area (Å²) in [6.07, 6.45) is 2.97. The quantitative estimate of drug-likeness (QED) is 0.798. The van der Waals surface area contributed by atoms with E-state index in [0.29, 0.717) is 12.3 Å². The van der Waals surface area contributed by atoms with Gasteiger partial charge in [0.25, 0.3) is 0 Å². The van der Waals surface area contributed by atoms with Gasteiger partial charge in [0.15, 0.2) is 0 Å².